The van der Waals surface area contributed by atoms with Crippen LogP contribution >= 0.6 is 0 Å². The van der Waals surface area contributed by atoms with Gasteiger partial charge in [-0.3, -0.25) is 4.79 Å². The first-order valence-electron chi connectivity index (χ1n) is 7.47. The topological polar surface area (TPSA) is 62.2 Å². The molecule has 2 aromatic rings. The molecule has 0 bridgehead atoms. The van der Waals surface area contributed by atoms with Crippen molar-refractivity contribution in [2.75, 3.05) is 32.1 Å². The van der Waals surface area contributed by atoms with Crippen LogP contribution in [0, 0.1) is 5.95 Å². The number of pyridine rings is 1. The lowest BCUT2D eigenvalue weighted by Gasteiger charge is -2.20. The zero-order valence-corrected chi connectivity index (χ0v) is 13.2. The first-order chi connectivity index (χ1) is 11.1. The van der Waals surface area contributed by atoms with Crippen molar-refractivity contribution in [2.45, 2.75) is 12.8 Å². The largest absolute Gasteiger partial charge is 0.362 e. The number of rotatable bonds is 2. The summed E-state index contributed by atoms with van der Waals surface area (Å²) < 4.78 is 13.2. The summed E-state index contributed by atoms with van der Waals surface area (Å²) in [5, 5.41) is 0. The van der Waals surface area contributed by atoms with Gasteiger partial charge < -0.3 is 9.80 Å². The lowest BCUT2D eigenvalue weighted by atomic mass is 10.1. The summed E-state index contributed by atoms with van der Waals surface area (Å²) in [7, 11) is 3.88. The van der Waals surface area contributed by atoms with Crippen LogP contribution in [0.3, 0.4) is 0 Å². The second-order valence-electron chi connectivity index (χ2n) is 5.68. The fourth-order valence-electron chi connectivity index (χ4n) is 2.82. The van der Waals surface area contributed by atoms with Crippen molar-refractivity contribution in [3.05, 3.63) is 47.4 Å². The van der Waals surface area contributed by atoms with Crippen LogP contribution in [0.2, 0.25) is 0 Å². The van der Waals surface area contributed by atoms with E-state index in [1.807, 2.05) is 19.0 Å². The predicted molar refractivity (Wildman–Crippen MR) is 83.9 cm³/mol. The molecule has 0 aromatic carbocycles. The van der Waals surface area contributed by atoms with Crippen LogP contribution in [0.15, 0.2) is 24.7 Å². The minimum atomic E-state index is -0.644. The van der Waals surface area contributed by atoms with Gasteiger partial charge in [0.2, 0.25) is 5.95 Å². The zero-order valence-electron chi connectivity index (χ0n) is 13.2. The highest BCUT2D eigenvalue weighted by Crippen LogP contribution is 2.22. The maximum Gasteiger partial charge on any atom is 0.254 e. The summed E-state index contributed by atoms with van der Waals surface area (Å²) in [5.41, 5.74) is 2.37. The standard InChI is InChI=1S/C16H18FN5O/c1-21(2)15-12-4-7-22(8-5-13(12)19-10-20-15)16(23)11-3-6-18-14(17)9-11/h3,6,9-10H,4-5,7-8H2,1-2H3. The number of anilines is 1. The van der Waals surface area contributed by atoms with Crippen LogP contribution in [0.25, 0.3) is 0 Å². The molecule has 23 heavy (non-hydrogen) atoms. The summed E-state index contributed by atoms with van der Waals surface area (Å²) in [6.45, 7) is 1.11. The van der Waals surface area contributed by atoms with Gasteiger partial charge in [-0.15, -0.1) is 0 Å². The molecule has 0 saturated heterocycles. The number of hydrogen-bond donors (Lipinski definition) is 0. The highest BCUT2D eigenvalue weighted by atomic mass is 19.1. The van der Waals surface area contributed by atoms with Crippen molar-refractivity contribution >= 4 is 11.7 Å². The minimum Gasteiger partial charge on any atom is -0.362 e. The molecule has 0 aliphatic carbocycles. The molecule has 7 heteroatoms. The maximum absolute atomic E-state index is 13.2. The Morgan fingerprint density at radius 3 is 2.74 bits per heavy atom. The van der Waals surface area contributed by atoms with Crippen molar-refractivity contribution in [2.24, 2.45) is 0 Å². The molecule has 2 aromatic heterocycles. The van der Waals surface area contributed by atoms with E-state index in [-0.39, 0.29) is 5.91 Å². The van der Waals surface area contributed by atoms with E-state index in [4.69, 9.17) is 0 Å². The molecule has 0 fully saturated rings. The monoisotopic (exact) mass is 315 g/mol. The molecule has 1 aliphatic heterocycles. The number of nitrogens with zero attached hydrogens (tertiary/aromatic N) is 5. The van der Waals surface area contributed by atoms with Gasteiger partial charge in [0.15, 0.2) is 0 Å². The van der Waals surface area contributed by atoms with E-state index >= 15 is 0 Å². The number of carbonyl (C=O) groups is 1. The molecule has 1 aliphatic rings. The summed E-state index contributed by atoms with van der Waals surface area (Å²) in [6, 6.07) is 2.71. The molecule has 3 rings (SSSR count). The Bertz CT molecular complexity index is 734. The van der Waals surface area contributed by atoms with Crippen LogP contribution in [0.4, 0.5) is 10.2 Å². The second kappa shape index (κ2) is 6.28. The summed E-state index contributed by atoms with van der Waals surface area (Å²) >= 11 is 0. The fraction of sp³-hybridized carbons (Fsp3) is 0.375. The molecule has 0 saturated carbocycles. The zero-order chi connectivity index (χ0) is 16.4. The van der Waals surface area contributed by atoms with E-state index in [0.717, 1.165) is 17.1 Å². The van der Waals surface area contributed by atoms with Gasteiger partial charge in [-0.1, -0.05) is 0 Å². The molecular formula is C16H18FN5O. The number of fused-ring (bicyclic) bond motifs is 1. The highest BCUT2D eigenvalue weighted by molar-refractivity contribution is 5.94. The number of amides is 1. The van der Waals surface area contributed by atoms with E-state index in [0.29, 0.717) is 31.5 Å². The molecule has 3 heterocycles. The van der Waals surface area contributed by atoms with Crippen molar-refractivity contribution in [3.8, 4) is 0 Å². The van der Waals surface area contributed by atoms with Gasteiger partial charge in [-0.25, -0.2) is 15.0 Å². The minimum absolute atomic E-state index is 0.182. The number of hydrogen-bond acceptors (Lipinski definition) is 5. The van der Waals surface area contributed by atoms with Gasteiger partial charge >= 0.3 is 0 Å². The molecule has 120 valence electrons. The predicted octanol–water partition coefficient (Wildman–Crippen LogP) is 1.32. The Balaban J connectivity index is 1.82. The Labute approximate surface area is 134 Å². The van der Waals surface area contributed by atoms with Crippen LogP contribution in [0.5, 0.6) is 0 Å². The van der Waals surface area contributed by atoms with E-state index in [1.54, 1.807) is 11.2 Å². The second-order valence-corrected chi connectivity index (χ2v) is 5.68. The van der Waals surface area contributed by atoms with Crippen LogP contribution in [-0.4, -0.2) is 52.9 Å². The van der Waals surface area contributed by atoms with Crippen molar-refractivity contribution in [3.63, 3.8) is 0 Å². The van der Waals surface area contributed by atoms with Crippen LogP contribution < -0.4 is 4.90 Å². The van der Waals surface area contributed by atoms with Crippen molar-refractivity contribution in [1.29, 1.82) is 0 Å². The molecule has 0 spiro atoms. The number of halogens is 1. The molecular weight excluding hydrogens is 297 g/mol. The lowest BCUT2D eigenvalue weighted by molar-refractivity contribution is 0.0762. The third-order valence-corrected chi connectivity index (χ3v) is 3.95. The molecule has 0 atom stereocenters. The van der Waals surface area contributed by atoms with E-state index in [2.05, 4.69) is 15.0 Å². The third kappa shape index (κ3) is 3.13. The first kappa shape index (κ1) is 15.3. The van der Waals surface area contributed by atoms with Crippen molar-refractivity contribution in [1.82, 2.24) is 19.9 Å². The average molecular weight is 315 g/mol. The van der Waals surface area contributed by atoms with Crippen LogP contribution in [0.1, 0.15) is 21.6 Å². The highest BCUT2D eigenvalue weighted by Gasteiger charge is 2.23. The van der Waals surface area contributed by atoms with Gasteiger partial charge in [0.25, 0.3) is 5.91 Å². The molecule has 0 unspecified atom stereocenters. The molecule has 1 amide bonds. The van der Waals surface area contributed by atoms with Crippen molar-refractivity contribution < 1.29 is 9.18 Å². The number of aromatic nitrogens is 3. The Kier molecular flexibility index (Phi) is 4.18. The molecule has 0 N–H and O–H groups in total. The van der Waals surface area contributed by atoms with Gasteiger partial charge in [-0.2, -0.15) is 4.39 Å². The van der Waals surface area contributed by atoms with E-state index in [9.17, 15) is 9.18 Å². The normalized spacial score (nSPS) is 14.1. The summed E-state index contributed by atoms with van der Waals surface area (Å²) in [6.07, 6.45) is 4.22. The van der Waals surface area contributed by atoms with Gasteiger partial charge in [0, 0.05) is 57.0 Å². The summed E-state index contributed by atoms with van der Waals surface area (Å²) in [4.78, 5) is 28.4. The fourth-order valence-corrected chi connectivity index (χ4v) is 2.82. The molecule has 6 nitrogen and oxygen atoms in total. The SMILES string of the molecule is CN(C)c1ncnc2c1CCN(C(=O)c1ccnc(F)c1)CC2. The van der Waals surface area contributed by atoms with Gasteiger partial charge in [0.1, 0.15) is 12.1 Å². The maximum atomic E-state index is 13.2. The first-order valence-corrected chi connectivity index (χ1v) is 7.47. The van der Waals surface area contributed by atoms with Crippen LogP contribution in [-0.2, 0) is 12.8 Å². The van der Waals surface area contributed by atoms with Gasteiger partial charge in [-0.05, 0) is 12.5 Å². The quantitative estimate of drug-likeness (QED) is 0.782. The Morgan fingerprint density at radius 2 is 2.00 bits per heavy atom. The smallest absolute Gasteiger partial charge is 0.254 e. The summed E-state index contributed by atoms with van der Waals surface area (Å²) in [5.74, 6) is 0.0624. The Hall–Kier alpha value is -2.57. The lowest BCUT2D eigenvalue weighted by Crippen LogP contribution is -2.33. The van der Waals surface area contributed by atoms with E-state index in [1.165, 1.54) is 18.3 Å². The van der Waals surface area contributed by atoms with Gasteiger partial charge in [0.05, 0.1) is 5.69 Å². The number of carbonyl (C=O) groups excluding carboxylic acids is 1. The Morgan fingerprint density at radius 1 is 1.22 bits per heavy atom. The average Bonchev–Trinajstić information content (AvgIpc) is 2.76. The third-order valence-electron chi connectivity index (χ3n) is 3.95. The van der Waals surface area contributed by atoms with E-state index < -0.39 is 5.95 Å². The molecule has 0 radical (unpaired) electrons.